The number of rotatable bonds is 6. The van der Waals surface area contributed by atoms with Crippen molar-refractivity contribution in [1.82, 2.24) is 4.90 Å². The lowest BCUT2D eigenvalue weighted by atomic mass is 9.95. The Morgan fingerprint density at radius 2 is 1.56 bits per heavy atom. The monoisotopic (exact) mass is 231 g/mol. The van der Waals surface area contributed by atoms with Gasteiger partial charge < -0.3 is 9.47 Å². The van der Waals surface area contributed by atoms with Crippen LogP contribution in [0.1, 0.15) is 34.6 Å². The summed E-state index contributed by atoms with van der Waals surface area (Å²) in [7, 11) is 3.71. The Morgan fingerprint density at radius 1 is 1.12 bits per heavy atom. The number of esters is 1. The van der Waals surface area contributed by atoms with Gasteiger partial charge in [-0.1, -0.05) is 0 Å². The molecule has 4 nitrogen and oxygen atoms in total. The van der Waals surface area contributed by atoms with Gasteiger partial charge in [0, 0.05) is 25.1 Å². The third-order valence-corrected chi connectivity index (χ3v) is 2.94. The molecule has 96 valence electrons. The fourth-order valence-electron chi connectivity index (χ4n) is 1.64. The molecule has 0 saturated heterocycles. The summed E-state index contributed by atoms with van der Waals surface area (Å²) in [5.41, 5.74) is -0.313. The van der Waals surface area contributed by atoms with E-state index in [9.17, 15) is 4.79 Å². The molecule has 0 amide bonds. The van der Waals surface area contributed by atoms with Gasteiger partial charge in [-0.15, -0.1) is 0 Å². The minimum absolute atomic E-state index is 0.0988. The maximum atomic E-state index is 10.8. The minimum atomic E-state index is -0.244. The van der Waals surface area contributed by atoms with E-state index < -0.39 is 0 Å². The summed E-state index contributed by atoms with van der Waals surface area (Å²) >= 11 is 0. The van der Waals surface area contributed by atoms with Crippen molar-refractivity contribution in [2.75, 3.05) is 27.4 Å². The van der Waals surface area contributed by atoms with Crippen LogP contribution < -0.4 is 0 Å². The molecule has 0 spiro atoms. The molecule has 0 radical (unpaired) electrons. The first kappa shape index (κ1) is 15.4. The molecule has 0 atom stereocenters. The summed E-state index contributed by atoms with van der Waals surface area (Å²) in [6.45, 7) is 10.7. The molecule has 16 heavy (non-hydrogen) atoms. The maximum Gasteiger partial charge on any atom is 0.302 e. The average Bonchev–Trinajstić information content (AvgIpc) is 2.13. The quantitative estimate of drug-likeness (QED) is 0.652. The van der Waals surface area contributed by atoms with Crippen LogP contribution >= 0.6 is 0 Å². The molecule has 0 saturated carbocycles. The third-order valence-electron chi connectivity index (χ3n) is 2.94. The number of hydrogen-bond donors (Lipinski definition) is 0. The standard InChI is InChI=1S/C12H25NO3/c1-10(14)16-9-12(4,5)13(6)11(2,3)8-15-7/h8-9H2,1-7H3. The molecule has 0 bridgehead atoms. The molecule has 0 aromatic heterocycles. The number of likely N-dealkylation sites (N-methyl/N-ethyl adjacent to an activating group) is 1. The van der Waals surface area contributed by atoms with Gasteiger partial charge in [-0.25, -0.2) is 0 Å². The van der Waals surface area contributed by atoms with Crippen LogP contribution in [0.4, 0.5) is 0 Å². The van der Waals surface area contributed by atoms with E-state index in [0.29, 0.717) is 13.2 Å². The van der Waals surface area contributed by atoms with Crippen molar-refractivity contribution in [1.29, 1.82) is 0 Å². The van der Waals surface area contributed by atoms with E-state index in [4.69, 9.17) is 9.47 Å². The van der Waals surface area contributed by atoms with Gasteiger partial charge in [-0.2, -0.15) is 0 Å². The van der Waals surface area contributed by atoms with Crippen molar-refractivity contribution in [2.24, 2.45) is 0 Å². The zero-order chi connectivity index (χ0) is 13.0. The smallest absolute Gasteiger partial charge is 0.302 e. The number of nitrogens with zero attached hydrogens (tertiary/aromatic N) is 1. The number of methoxy groups -OCH3 is 1. The highest BCUT2D eigenvalue weighted by atomic mass is 16.5. The zero-order valence-electron chi connectivity index (χ0n) is 11.6. The van der Waals surface area contributed by atoms with Gasteiger partial charge in [0.1, 0.15) is 6.61 Å². The number of carbonyl (C=O) groups is 1. The first-order valence-corrected chi connectivity index (χ1v) is 5.50. The molecule has 0 aliphatic heterocycles. The van der Waals surface area contributed by atoms with E-state index in [1.54, 1.807) is 7.11 Å². The summed E-state index contributed by atoms with van der Waals surface area (Å²) in [5.74, 6) is -0.244. The second-order valence-corrected chi connectivity index (χ2v) is 5.40. The summed E-state index contributed by atoms with van der Waals surface area (Å²) in [4.78, 5) is 13.0. The van der Waals surface area contributed by atoms with E-state index in [-0.39, 0.29) is 17.0 Å². The Kier molecular flexibility index (Phi) is 5.42. The number of carbonyl (C=O) groups excluding carboxylic acids is 1. The minimum Gasteiger partial charge on any atom is -0.464 e. The molecule has 0 heterocycles. The van der Waals surface area contributed by atoms with Crippen LogP contribution in [0.3, 0.4) is 0 Å². The first-order valence-electron chi connectivity index (χ1n) is 5.50. The summed E-state index contributed by atoms with van der Waals surface area (Å²) in [6, 6.07) is 0. The van der Waals surface area contributed by atoms with Gasteiger partial charge in [0.15, 0.2) is 0 Å². The molecule has 0 aliphatic carbocycles. The number of hydrogen-bond acceptors (Lipinski definition) is 4. The van der Waals surface area contributed by atoms with Gasteiger partial charge in [-0.05, 0) is 34.7 Å². The summed E-state index contributed by atoms with van der Waals surface area (Å²) < 4.78 is 10.3. The maximum absolute atomic E-state index is 10.8. The van der Waals surface area contributed by atoms with E-state index in [1.807, 2.05) is 20.9 Å². The highest BCUT2D eigenvalue weighted by Gasteiger charge is 2.35. The van der Waals surface area contributed by atoms with Crippen LogP contribution in [0.2, 0.25) is 0 Å². The topological polar surface area (TPSA) is 38.8 Å². The second-order valence-electron chi connectivity index (χ2n) is 5.40. The molecule has 0 aromatic carbocycles. The van der Waals surface area contributed by atoms with Gasteiger partial charge in [-0.3, -0.25) is 9.69 Å². The van der Waals surface area contributed by atoms with Crippen molar-refractivity contribution in [3.05, 3.63) is 0 Å². The van der Waals surface area contributed by atoms with Crippen molar-refractivity contribution >= 4 is 5.97 Å². The van der Waals surface area contributed by atoms with Crippen LogP contribution in [0.5, 0.6) is 0 Å². The lowest BCUT2D eigenvalue weighted by Crippen LogP contribution is -2.57. The zero-order valence-corrected chi connectivity index (χ0v) is 11.6. The van der Waals surface area contributed by atoms with Crippen LogP contribution in [0.25, 0.3) is 0 Å². The average molecular weight is 231 g/mol. The summed E-state index contributed by atoms with van der Waals surface area (Å²) in [5, 5.41) is 0. The van der Waals surface area contributed by atoms with E-state index in [0.717, 1.165) is 0 Å². The predicted molar refractivity (Wildman–Crippen MR) is 64.4 cm³/mol. The molecule has 0 unspecified atom stereocenters. The van der Waals surface area contributed by atoms with Gasteiger partial charge in [0.25, 0.3) is 0 Å². The molecule has 4 heteroatoms. The Morgan fingerprint density at radius 3 is 1.94 bits per heavy atom. The van der Waals surface area contributed by atoms with Crippen LogP contribution in [-0.4, -0.2) is 49.3 Å². The van der Waals surface area contributed by atoms with Crippen molar-refractivity contribution in [2.45, 2.75) is 45.7 Å². The van der Waals surface area contributed by atoms with Crippen molar-refractivity contribution in [3.8, 4) is 0 Å². The number of ether oxygens (including phenoxy) is 2. The van der Waals surface area contributed by atoms with Gasteiger partial charge in [0.2, 0.25) is 0 Å². The highest BCUT2D eigenvalue weighted by Crippen LogP contribution is 2.23. The van der Waals surface area contributed by atoms with Gasteiger partial charge in [0.05, 0.1) is 6.61 Å². The van der Waals surface area contributed by atoms with Crippen LogP contribution in [0, 0.1) is 0 Å². The Hall–Kier alpha value is -0.610. The fraction of sp³-hybridized carbons (Fsp3) is 0.917. The fourth-order valence-corrected chi connectivity index (χ4v) is 1.64. The largest absolute Gasteiger partial charge is 0.464 e. The summed E-state index contributed by atoms with van der Waals surface area (Å²) in [6.07, 6.45) is 0. The van der Waals surface area contributed by atoms with Crippen LogP contribution in [-0.2, 0) is 14.3 Å². The Labute approximate surface area is 98.9 Å². The normalized spacial score (nSPS) is 13.0. The lowest BCUT2D eigenvalue weighted by molar-refractivity contribution is -0.146. The Balaban J connectivity index is 4.54. The van der Waals surface area contributed by atoms with Gasteiger partial charge >= 0.3 is 5.97 Å². The predicted octanol–water partition coefficient (Wildman–Crippen LogP) is 1.68. The van der Waals surface area contributed by atoms with E-state index >= 15 is 0 Å². The van der Waals surface area contributed by atoms with Crippen molar-refractivity contribution in [3.63, 3.8) is 0 Å². The highest BCUT2D eigenvalue weighted by molar-refractivity contribution is 5.65. The molecular formula is C12H25NO3. The molecule has 0 rings (SSSR count). The SMILES string of the molecule is COCC(C)(C)N(C)C(C)(C)COC(C)=O. The van der Waals surface area contributed by atoms with Crippen molar-refractivity contribution < 1.29 is 14.3 Å². The second kappa shape index (κ2) is 5.64. The molecule has 0 fully saturated rings. The molecule has 0 N–H and O–H groups in total. The lowest BCUT2D eigenvalue weighted by Gasteiger charge is -2.45. The first-order chi connectivity index (χ1) is 7.13. The molecule has 0 aromatic rings. The molecule has 0 aliphatic rings. The third kappa shape index (κ3) is 4.49. The van der Waals surface area contributed by atoms with E-state index in [1.165, 1.54) is 6.92 Å². The van der Waals surface area contributed by atoms with E-state index in [2.05, 4.69) is 18.7 Å². The van der Waals surface area contributed by atoms with Crippen LogP contribution in [0.15, 0.2) is 0 Å². The molecular weight excluding hydrogens is 206 g/mol. The Bertz CT molecular complexity index is 236.